The van der Waals surface area contributed by atoms with E-state index in [9.17, 15) is 19.5 Å². The van der Waals surface area contributed by atoms with Crippen molar-refractivity contribution in [3.05, 3.63) is 59.7 Å². The molecule has 0 bridgehead atoms. The summed E-state index contributed by atoms with van der Waals surface area (Å²) in [5, 5.41) is 11.9. The fourth-order valence-corrected chi connectivity index (χ4v) is 3.31. The van der Waals surface area contributed by atoms with Gasteiger partial charge in [-0.1, -0.05) is 48.5 Å². The van der Waals surface area contributed by atoms with Gasteiger partial charge in [-0.25, -0.2) is 4.79 Å². The topological polar surface area (TPSA) is 92.7 Å². The van der Waals surface area contributed by atoms with Gasteiger partial charge in [-0.05, 0) is 28.7 Å². The maximum Gasteiger partial charge on any atom is 0.326 e. The Kier molecular flexibility index (Phi) is 5.02. The largest absolute Gasteiger partial charge is 0.480 e. The molecule has 6 nitrogen and oxygen atoms in total. The Hall–Kier alpha value is -3.15. The minimum absolute atomic E-state index is 0.0240. The smallest absolute Gasteiger partial charge is 0.326 e. The van der Waals surface area contributed by atoms with Crippen molar-refractivity contribution in [3.8, 4) is 11.1 Å². The molecule has 0 fully saturated rings. The molecule has 2 N–H and O–H groups in total. The third-order valence-electron chi connectivity index (χ3n) is 4.58. The first-order chi connectivity index (χ1) is 12.5. The molecule has 0 aliphatic heterocycles. The predicted molar refractivity (Wildman–Crippen MR) is 94.5 cm³/mol. The van der Waals surface area contributed by atoms with Crippen LogP contribution >= 0.6 is 0 Å². The molecule has 0 heterocycles. The molecule has 6 heteroatoms. The van der Waals surface area contributed by atoms with Crippen LogP contribution in [0.4, 0.5) is 0 Å². The van der Waals surface area contributed by atoms with Crippen molar-refractivity contribution in [1.82, 2.24) is 5.32 Å². The maximum absolute atomic E-state index is 12.9. The standard InChI is InChI=1S/C20H19NO5/c1-26-17(22)11-10-16(20(24)25)21-19(23)18-14-8-4-2-6-12(14)13-7-3-5-9-15(13)18/h2-9,16,18H,10-11H2,1H3,(H,21,23)(H,24,25)/t16-/m0/s1. The second-order valence-corrected chi connectivity index (χ2v) is 6.12. The first-order valence-corrected chi connectivity index (χ1v) is 8.31. The predicted octanol–water partition coefficient (Wildman–Crippen LogP) is 2.32. The highest BCUT2D eigenvalue weighted by Gasteiger charge is 2.35. The van der Waals surface area contributed by atoms with Crippen LogP contribution < -0.4 is 5.32 Å². The van der Waals surface area contributed by atoms with Crippen LogP contribution in [0.3, 0.4) is 0 Å². The van der Waals surface area contributed by atoms with Gasteiger partial charge in [0.25, 0.3) is 0 Å². The minimum Gasteiger partial charge on any atom is -0.480 e. The molecular formula is C20H19NO5. The van der Waals surface area contributed by atoms with Crippen LogP contribution in [0.15, 0.2) is 48.5 Å². The van der Waals surface area contributed by atoms with E-state index in [4.69, 9.17) is 0 Å². The van der Waals surface area contributed by atoms with E-state index in [1.807, 2.05) is 48.5 Å². The number of carboxylic acids is 1. The Morgan fingerprint density at radius 3 is 2.08 bits per heavy atom. The highest BCUT2D eigenvalue weighted by molar-refractivity contribution is 5.97. The molecule has 0 saturated carbocycles. The second kappa shape index (κ2) is 7.39. The molecular weight excluding hydrogens is 334 g/mol. The van der Waals surface area contributed by atoms with Crippen LogP contribution in [0.25, 0.3) is 11.1 Å². The van der Waals surface area contributed by atoms with Gasteiger partial charge in [0, 0.05) is 6.42 Å². The molecule has 3 rings (SSSR count). The van der Waals surface area contributed by atoms with Crippen LogP contribution in [0.5, 0.6) is 0 Å². The van der Waals surface area contributed by atoms with E-state index >= 15 is 0 Å². The van der Waals surface area contributed by atoms with Crippen molar-refractivity contribution < 1.29 is 24.2 Å². The highest BCUT2D eigenvalue weighted by atomic mass is 16.5. The van der Waals surface area contributed by atoms with Gasteiger partial charge in [0.1, 0.15) is 6.04 Å². The number of hydrogen-bond acceptors (Lipinski definition) is 4. The van der Waals surface area contributed by atoms with E-state index < -0.39 is 23.9 Å². The van der Waals surface area contributed by atoms with Crippen LogP contribution in [0.1, 0.15) is 29.9 Å². The SMILES string of the molecule is COC(=O)CC[C@H](NC(=O)C1c2ccccc2-c2ccccc21)C(=O)O. The monoisotopic (exact) mass is 353 g/mol. The van der Waals surface area contributed by atoms with E-state index in [1.165, 1.54) is 7.11 Å². The van der Waals surface area contributed by atoms with Gasteiger partial charge in [-0.15, -0.1) is 0 Å². The number of carbonyl (C=O) groups excluding carboxylic acids is 2. The molecule has 26 heavy (non-hydrogen) atoms. The number of benzene rings is 2. The first-order valence-electron chi connectivity index (χ1n) is 8.31. The number of methoxy groups -OCH3 is 1. The van der Waals surface area contributed by atoms with Crippen molar-refractivity contribution in [2.45, 2.75) is 24.8 Å². The lowest BCUT2D eigenvalue weighted by molar-refractivity contribution is -0.144. The van der Waals surface area contributed by atoms with E-state index in [0.29, 0.717) is 0 Å². The number of carbonyl (C=O) groups is 3. The number of amides is 1. The minimum atomic E-state index is -1.18. The normalized spacial score (nSPS) is 13.4. The number of hydrogen-bond donors (Lipinski definition) is 2. The number of aliphatic carboxylic acids is 1. The second-order valence-electron chi connectivity index (χ2n) is 6.12. The molecule has 0 unspecified atom stereocenters. The van der Waals surface area contributed by atoms with Gasteiger partial charge < -0.3 is 15.2 Å². The van der Waals surface area contributed by atoms with Crippen molar-refractivity contribution in [3.63, 3.8) is 0 Å². The summed E-state index contributed by atoms with van der Waals surface area (Å²) in [6.45, 7) is 0. The molecule has 1 aliphatic rings. The van der Waals surface area contributed by atoms with E-state index in [2.05, 4.69) is 10.1 Å². The number of esters is 1. The van der Waals surface area contributed by atoms with Crippen LogP contribution in [0, 0.1) is 0 Å². The lowest BCUT2D eigenvalue weighted by Gasteiger charge is -2.18. The van der Waals surface area contributed by atoms with Crippen molar-refractivity contribution >= 4 is 17.8 Å². The van der Waals surface area contributed by atoms with Crippen molar-refractivity contribution in [1.29, 1.82) is 0 Å². The van der Waals surface area contributed by atoms with Gasteiger partial charge in [0.2, 0.25) is 5.91 Å². The number of nitrogens with one attached hydrogen (secondary N) is 1. The molecule has 134 valence electrons. The Bertz CT molecular complexity index is 815. The zero-order valence-electron chi connectivity index (χ0n) is 14.3. The average molecular weight is 353 g/mol. The Balaban J connectivity index is 1.85. The molecule has 0 saturated heterocycles. The van der Waals surface area contributed by atoms with Gasteiger partial charge in [0.15, 0.2) is 0 Å². The summed E-state index contributed by atoms with van der Waals surface area (Å²) in [5.41, 5.74) is 3.65. The van der Waals surface area contributed by atoms with Crippen LogP contribution in [-0.2, 0) is 19.1 Å². The zero-order chi connectivity index (χ0) is 18.7. The molecule has 0 spiro atoms. The number of rotatable bonds is 6. The van der Waals surface area contributed by atoms with Gasteiger partial charge in [0.05, 0.1) is 13.0 Å². The summed E-state index contributed by atoms with van der Waals surface area (Å²) < 4.78 is 4.53. The van der Waals surface area contributed by atoms with Gasteiger partial charge >= 0.3 is 11.9 Å². The first kappa shape index (κ1) is 17.7. The van der Waals surface area contributed by atoms with E-state index in [0.717, 1.165) is 22.3 Å². The Morgan fingerprint density at radius 2 is 1.58 bits per heavy atom. The third-order valence-corrected chi connectivity index (χ3v) is 4.58. The van der Waals surface area contributed by atoms with Crippen molar-refractivity contribution in [2.75, 3.05) is 7.11 Å². The van der Waals surface area contributed by atoms with Crippen molar-refractivity contribution in [2.24, 2.45) is 0 Å². The molecule has 1 amide bonds. The fourth-order valence-electron chi connectivity index (χ4n) is 3.31. The summed E-state index contributed by atoms with van der Waals surface area (Å²) in [5.74, 6) is -2.65. The molecule has 1 aliphatic carbocycles. The highest BCUT2D eigenvalue weighted by Crippen LogP contribution is 2.44. The summed E-state index contributed by atoms with van der Waals surface area (Å²) in [6, 6.07) is 14.0. The summed E-state index contributed by atoms with van der Waals surface area (Å²) >= 11 is 0. The quantitative estimate of drug-likeness (QED) is 0.778. The van der Waals surface area contributed by atoms with E-state index in [1.54, 1.807) is 0 Å². The lowest BCUT2D eigenvalue weighted by Crippen LogP contribution is -2.43. The third kappa shape index (κ3) is 3.31. The lowest BCUT2D eigenvalue weighted by atomic mass is 9.95. The fraction of sp³-hybridized carbons (Fsp3) is 0.250. The summed E-state index contributed by atoms with van der Waals surface area (Å²) in [7, 11) is 1.24. The molecule has 2 aromatic carbocycles. The van der Waals surface area contributed by atoms with Gasteiger partial charge in [-0.2, -0.15) is 0 Å². The summed E-state index contributed by atoms with van der Waals surface area (Å²) in [4.78, 5) is 35.7. The Morgan fingerprint density at radius 1 is 1.04 bits per heavy atom. The van der Waals surface area contributed by atoms with Crippen LogP contribution in [-0.4, -0.2) is 36.1 Å². The Labute approximate surface area is 150 Å². The molecule has 0 aromatic heterocycles. The maximum atomic E-state index is 12.9. The molecule has 1 atom stereocenters. The molecule has 0 radical (unpaired) electrons. The van der Waals surface area contributed by atoms with E-state index in [-0.39, 0.29) is 18.7 Å². The number of carboxylic acid groups (broad SMARTS) is 1. The number of ether oxygens (including phenoxy) is 1. The molecule has 2 aromatic rings. The van der Waals surface area contributed by atoms with Gasteiger partial charge in [-0.3, -0.25) is 9.59 Å². The summed E-state index contributed by atoms with van der Waals surface area (Å²) in [6.07, 6.45) is -0.102. The average Bonchev–Trinajstić information content (AvgIpc) is 2.99. The number of fused-ring (bicyclic) bond motifs is 3. The van der Waals surface area contributed by atoms with Crippen LogP contribution in [0.2, 0.25) is 0 Å². The zero-order valence-corrected chi connectivity index (χ0v) is 14.3.